The third-order valence-electron chi connectivity index (χ3n) is 2.06. The Kier molecular flexibility index (Phi) is 3.96. The van der Waals surface area contributed by atoms with Gasteiger partial charge in [-0.05, 0) is 13.0 Å². The second-order valence-electron chi connectivity index (χ2n) is 3.19. The third-order valence-corrected chi connectivity index (χ3v) is 2.06. The van der Waals surface area contributed by atoms with E-state index in [0.717, 1.165) is 0 Å². The fourth-order valence-electron chi connectivity index (χ4n) is 1.23. The molecule has 0 saturated carbocycles. The average Bonchev–Trinajstić information content (AvgIpc) is 2.28. The number of rotatable bonds is 2. The van der Waals surface area contributed by atoms with Crippen molar-refractivity contribution in [2.75, 3.05) is 0 Å². The van der Waals surface area contributed by atoms with Gasteiger partial charge in [0.25, 0.3) is 0 Å². The van der Waals surface area contributed by atoms with Crippen molar-refractivity contribution in [3.05, 3.63) is 35.6 Å². The molecule has 0 aliphatic carbocycles. The molecule has 1 unspecified atom stereocenters. The number of benzene rings is 1. The zero-order valence-electron chi connectivity index (χ0n) is 8.66. The summed E-state index contributed by atoms with van der Waals surface area (Å²) >= 11 is 0. The molecular weight excluding hydrogens is 213 g/mol. The molecule has 0 bridgehead atoms. The van der Waals surface area contributed by atoms with Gasteiger partial charge in [-0.25, -0.2) is 10.2 Å². The first-order chi connectivity index (χ1) is 7.56. The SMILES string of the molecule is CC(NC(=O)C(=O)NN)c1ccccc1F. The number of nitrogens with one attached hydrogen (secondary N) is 2. The Morgan fingerprint density at radius 3 is 2.50 bits per heavy atom. The molecular formula is C10H12FN3O2. The highest BCUT2D eigenvalue weighted by molar-refractivity contribution is 6.34. The number of hydrazine groups is 1. The smallest absolute Gasteiger partial charge is 0.323 e. The quantitative estimate of drug-likeness (QED) is 0.286. The minimum atomic E-state index is -0.969. The third kappa shape index (κ3) is 2.77. The fourth-order valence-corrected chi connectivity index (χ4v) is 1.23. The van der Waals surface area contributed by atoms with Crippen LogP contribution >= 0.6 is 0 Å². The largest absolute Gasteiger partial charge is 0.341 e. The van der Waals surface area contributed by atoms with Crippen molar-refractivity contribution in [3.63, 3.8) is 0 Å². The highest BCUT2D eigenvalue weighted by Crippen LogP contribution is 2.15. The zero-order valence-corrected chi connectivity index (χ0v) is 8.66. The summed E-state index contributed by atoms with van der Waals surface area (Å²) in [5.41, 5.74) is 2.00. The van der Waals surface area contributed by atoms with Crippen molar-refractivity contribution in [2.24, 2.45) is 5.84 Å². The minimum absolute atomic E-state index is 0.306. The summed E-state index contributed by atoms with van der Waals surface area (Å²) in [6.07, 6.45) is 0. The molecule has 0 aliphatic heterocycles. The van der Waals surface area contributed by atoms with Crippen LogP contribution in [0.1, 0.15) is 18.5 Å². The van der Waals surface area contributed by atoms with E-state index in [2.05, 4.69) is 5.32 Å². The zero-order chi connectivity index (χ0) is 12.1. The summed E-state index contributed by atoms with van der Waals surface area (Å²) in [7, 11) is 0. The van der Waals surface area contributed by atoms with Crippen LogP contribution in [0, 0.1) is 5.82 Å². The predicted octanol–water partition coefficient (Wildman–Crippen LogP) is -0.00720. The van der Waals surface area contributed by atoms with E-state index in [1.54, 1.807) is 24.5 Å². The van der Waals surface area contributed by atoms with E-state index in [1.165, 1.54) is 12.1 Å². The number of carbonyl (C=O) groups is 2. The Morgan fingerprint density at radius 1 is 1.31 bits per heavy atom. The molecule has 0 saturated heterocycles. The van der Waals surface area contributed by atoms with Gasteiger partial charge in [0.05, 0.1) is 6.04 Å². The van der Waals surface area contributed by atoms with Gasteiger partial charge in [0.2, 0.25) is 0 Å². The number of hydrogen-bond acceptors (Lipinski definition) is 3. The lowest BCUT2D eigenvalue weighted by molar-refractivity contribution is -0.139. The molecule has 0 radical (unpaired) electrons. The second-order valence-corrected chi connectivity index (χ2v) is 3.19. The molecule has 0 spiro atoms. The van der Waals surface area contributed by atoms with E-state index in [4.69, 9.17) is 5.84 Å². The molecule has 0 aliphatic rings. The molecule has 1 rings (SSSR count). The minimum Gasteiger partial charge on any atom is -0.341 e. The first kappa shape index (κ1) is 12.1. The number of halogens is 1. The molecule has 86 valence electrons. The van der Waals surface area contributed by atoms with Crippen LogP contribution in [-0.4, -0.2) is 11.8 Å². The summed E-state index contributed by atoms with van der Waals surface area (Å²) < 4.78 is 13.3. The van der Waals surface area contributed by atoms with E-state index in [0.29, 0.717) is 5.56 Å². The molecule has 1 aromatic rings. The van der Waals surface area contributed by atoms with E-state index in [9.17, 15) is 14.0 Å². The van der Waals surface area contributed by atoms with Gasteiger partial charge in [0.1, 0.15) is 5.82 Å². The van der Waals surface area contributed by atoms with Gasteiger partial charge < -0.3 is 5.32 Å². The van der Waals surface area contributed by atoms with Gasteiger partial charge in [0.15, 0.2) is 0 Å². The van der Waals surface area contributed by atoms with Gasteiger partial charge >= 0.3 is 11.8 Å². The second kappa shape index (κ2) is 5.22. The fraction of sp³-hybridized carbons (Fsp3) is 0.200. The first-order valence-corrected chi connectivity index (χ1v) is 4.62. The lowest BCUT2D eigenvalue weighted by Crippen LogP contribution is -2.43. The summed E-state index contributed by atoms with van der Waals surface area (Å²) in [5, 5.41) is 2.32. The average molecular weight is 225 g/mol. The summed E-state index contributed by atoms with van der Waals surface area (Å²) in [4.78, 5) is 22.0. The number of nitrogens with two attached hydrogens (primary N) is 1. The Labute approximate surface area is 91.8 Å². The number of hydrogen-bond donors (Lipinski definition) is 3. The Balaban J connectivity index is 2.73. The Hall–Kier alpha value is -1.95. The molecule has 16 heavy (non-hydrogen) atoms. The molecule has 4 N–H and O–H groups in total. The van der Waals surface area contributed by atoms with Crippen LogP contribution < -0.4 is 16.6 Å². The van der Waals surface area contributed by atoms with Crippen LogP contribution in [0.3, 0.4) is 0 Å². The summed E-state index contributed by atoms with van der Waals surface area (Å²) in [6, 6.07) is 5.39. The van der Waals surface area contributed by atoms with Crippen molar-refractivity contribution in [1.29, 1.82) is 0 Å². The van der Waals surface area contributed by atoms with Crippen molar-refractivity contribution < 1.29 is 14.0 Å². The predicted molar refractivity (Wildman–Crippen MR) is 55.3 cm³/mol. The maximum atomic E-state index is 13.3. The molecule has 2 amide bonds. The van der Waals surface area contributed by atoms with Gasteiger partial charge in [0, 0.05) is 5.56 Å². The van der Waals surface area contributed by atoms with Gasteiger partial charge in [-0.1, -0.05) is 18.2 Å². The van der Waals surface area contributed by atoms with Crippen LogP contribution in [0.2, 0.25) is 0 Å². The maximum absolute atomic E-state index is 13.3. The van der Waals surface area contributed by atoms with Crippen molar-refractivity contribution >= 4 is 11.8 Å². The number of carbonyl (C=O) groups excluding carboxylic acids is 2. The first-order valence-electron chi connectivity index (χ1n) is 4.62. The molecule has 0 heterocycles. The van der Waals surface area contributed by atoms with E-state index < -0.39 is 23.7 Å². The van der Waals surface area contributed by atoms with Crippen LogP contribution in [0.25, 0.3) is 0 Å². The lowest BCUT2D eigenvalue weighted by Gasteiger charge is -2.13. The molecule has 1 atom stereocenters. The van der Waals surface area contributed by atoms with Crippen LogP contribution in [-0.2, 0) is 9.59 Å². The van der Waals surface area contributed by atoms with Crippen LogP contribution in [0.15, 0.2) is 24.3 Å². The summed E-state index contributed by atoms with van der Waals surface area (Å²) in [5.74, 6) is 2.47. The van der Waals surface area contributed by atoms with Crippen molar-refractivity contribution in [1.82, 2.24) is 10.7 Å². The molecule has 0 aromatic heterocycles. The van der Waals surface area contributed by atoms with Crippen molar-refractivity contribution in [3.8, 4) is 0 Å². The van der Waals surface area contributed by atoms with Gasteiger partial charge in [-0.2, -0.15) is 0 Å². The standard InChI is InChI=1S/C10H12FN3O2/c1-6(13-9(15)10(16)14-12)7-4-2-3-5-8(7)11/h2-6H,12H2,1H3,(H,13,15)(H,14,16). The Bertz CT molecular complexity index is 409. The normalized spacial score (nSPS) is 11.7. The van der Waals surface area contributed by atoms with Crippen LogP contribution in [0.5, 0.6) is 0 Å². The van der Waals surface area contributed by atoms with Gasteiger partial charge in [-0.3, -0.25) is 15.0 Å². The topological polar surface area (TPSA) is 84.2 Å². The van der Waals surface area contributed by atoms with Gasteiger partial charge in [-0.15, -0.1) is 0 Å². The van der Waals surface area contributed by atoms with Crippen LogP contribution in [0.4, 0.5) is 4.39 Å². The molecule has 0 fully saturated rings. The van der Waals surface area contributed by atoms with E-state index >= 15 is 0 Å². The summed E-state index contributed by atoms with van der Waals surface area (Å²) in [6.45, 7) is 1.57. The van der Waals surface area contributed by atoms with E-state index in [1.807, 2.05) is 0 Å². The monoisotopic (exact) mass is 225 g/mol. The lowest BCUT2D eigenvalue weighted by atomic mass is 10.1. The van der Waals surface area contributed by atoms with Crippen molar-refractivity contribution in [2.45, 2.75) is 13.0 Å². The highest BCUT2D eigenvalue weighted by atomic mass is 19.1. The number of amides is 2. The Morgan fingerprint density at radius 2 is 1.94 bits per heavy atom. The molecule has 1 aromatic carbocycles. The van der Waals surface area contributed by atoms with E-state index in [-0.39, 0.29) is 0 Å². The molecule has 6 heteroatoms. The molecule has 5 nitrogen and oxygen atoms in total. The highest BCUT2D eigenvalue weighted by Gasteiger charge is 2.17. The maximum Gasteiger partial charge on any atom is 0.323 e.